The number of aromatic hydroxyl groups is 1. The number of rotatable bonds is 2. The average Bonchev–Trinajstić information content (AvgIpc) is 2.33. The third kappa shape index (κ3) is 2.13. The molecule has 1 nitrogen and oxygen atoms in total. The van der Waals surface area contributed by atoms with Crippen LogP contribution in [0.2, 0.25) is 0 Å². The van der Waals surface area contributed by atoms with Crippen LogP contribution in [0, 0.1) is 13.8 Å². The fourth-order valence-corrected chi connectivity index (χ4v) is 2.43. The van der Waals surface area contributed by atoms with Crippen LogP contribution < -0.4 is 0 Å². The van der Waals surface area contributed by atoms with Crippen molar-refractivity contribution in [1.29, 1.82) is 0 Å². The van der Waals surface area contributed by atoms with Crippen molar-refractivity contribution in [3.8, 4) is 5.75 Å². The molecule has 0 aliphatic heterocycles. The topological polar surface area (TPSA) is 20.2 Å². The molecule has 94 valence electrons. The molecule has 0 heterocycles. The molecule has 0 amide bonds. The number of benzene rings is 2. The Hall–Kier alpha value is -1.76. The maximum absolute atomic E-state index is 9.85. The molecule has 2 aromatic carbocycles. The lowest BCUT2D eigenvalue weighted by Gasteiger charge is -2.28. The van der Waals surface area contributed by atoms with Crippen molar-refractivity contribution in [2.45, 2.75) is 33.1 Å². The maximum Gasteiger partial charge on any atom is 0.118 e. The largest absolute Gasteiger partial charge is 0.508 e. The van der Waals surface area contributed by atoms with Gasteiger partial charge in [0.2, 0.25) is 0 Å². The molecule has 0 saturated carbocycles. The Bertz CT molecular complexity index is 550. The predicted molar refractivity (Wildman–Crippen MR) is 76.2 cm³/mol. The molecule has 1 heteroatoms. The third-order valence-electron chi connectivity index (χ3n) is 3.75. The minimum atomic E-state index is -0.101. The van der Waals surface area contributed by atoms with Crippen LogP contribution in [0.3, 0.4) is 0 Å². The molecule has 0 fully saturated rings. The highest BCUT2D eigenvalue weighted by molar-refractivity contribution is 5.47. The summed E-state index contributed by atoms with van der Waals surface area (Å²) in [6, 6.07) is 14.3. The molecule has 2 rings (SSSR count). The highest BCUT2D eigenvalue weighted by Gasteiger charge is 2.25. The van der Waals surface area contributed by atoms with Gasteiger partial charge in [-0.1, -0.05) is 55.8 Å². The number of hydrogen-bond acceptors (Lipinski definition) is 1. The molecule has 0 radical (unpaired) electrons. The van der Waals surface area contributed by atoms with Crippen molar-refractivity contribution in [2.24, 2.45) is 0 Å². The summed E-state index contributed by atoms with van der Waals surface area (Å²) in [5, 5.41) is 9.85. The quantitative estimate of drug-likeness (QED) is 0.828. The number of aryl methyl sites for hydroxylation is 1. The van der Waals surface area contributed by atoms with Crippen molar-refractivity contribution in [3.05, 3.63) is 64.7 Å². The number of hydrogen-bond donors (Lipinski definition) is 1. The Balaban J connectivity index is 2.54. The van der Waals surface area contributed by atoms with E-state index in [0.717, 1.165) is 5.56 Å². The van der Waals surface area contributed by atoms with Crippen LogP contribution in [0.4, 0.5) is 0 Å². The van der Waals surface area contributed by atoms with Crippen LogP contribution >= 0.6 is 0 Å². The van der Waals surface area contributed by atoms with Crippen molar-refractivity contribution in [1.82, 2.24) is 0 Å². The summed E-state index contributed by atoms with van der Waals surface area (Å²) in [5.41, 5.74) is 4.56. The highest BCUT2D eigenvalue weighted by Crippen LogP contribution is 2.36. The molecule has 0 bridgehead atoms. The van der Waals surface area contributed by atoms with Gasteiger partial charge in [-0.15, -0.1) is 0 Å². The van der Waals surface area contributed by atoms with E-state index < -0.39 is 0 Å². The molecule has 0 aliphatic carbocycles. The lowest BCUT2D eigenvalue weighted by atomic mass is 9.76. The van der Waals surface area contributed by atoms with E-state index in [4.69, 9.17) is 0 Å². The van der Waals surface area contributed by atoms with E-state index in [-0.39, 0.29) is 5.41 Å². The van der Waals surface area contributed by atoms with E-state index >= 15 is 0 Å². The van der Waals surface area contributed by atoms with E-state index in [2.05, 4.69) is 51.1 Å². The predicted octanol–water partition coefficient (Wildman–Crippen LogP) is 4.33. The Morgan fingerprint density at radius 1 is 0.889 bits per heavy atom. The molecule has 0 aromatic heterocycles. The molecule has 0 aliphatic rings. The second-order valence-electron chi connectivity index (χ2n) is 5.44. The molecule has 1 N–H and O–H groups in total. The summed E-state index contributed by atoms with van der Waals surface area (Å²) < 4.78 is 0. The molecular weight excluding hydrogens is 220 g/mol. The monoisotopic (exact) mass is 240 g/mol. The number of phenols is 1. The van der Waals surface area contributed by atoms with Crippen molar-refractivity contribution in [3.63, 3.8) is 0 Å². The Kier molecular flexibility index (Phi) is 3.16. The van der Waals surface area contributed by atoms with Crippen LogP contribution in [0.25, 0.3) is 0 Å². The summed E-state index contributed by atoms with van der Waals surface area (Å²) in [4.78, 5) is 0. The summed E-state index contributed by atoms with van der Waals surface area (Å²) in [7, 11) is 0. The van der Waals surface area contributed by atoms with Gasteiger partial charge in [0, 0.05) is 5.41 Å². The molecular formula is C17H20O. The highest BCUT2D eigenvalue weighted by atomic mass is 16.3. The molecule has 0 unspecified atom stereocenters. The van der Waals surface area contributed by atoms with Crippen molar-refractivity contribution < 1.29 is 5.11 Å². The van der Waals surface area contributed by atoms with E-state index in [0.29, 0.717) is 5.75 Å². The van der Waals surface area contributed by atoms with Gasteiger partial charge in [-0.25, -0.2) is 0 Å². The molecule has 0 saturated heterocycles. The summed E-state index contributed by atoms with van der Waals surface area (Å²) in [6.07, 6.45) is 0. The SMILES string of the molecule is Cc1ccc(C(C)(C)c2cccc(O)c2C)cc1. The zero-order chi connectivity index (χ0) is 13.3. The second kappa shape index (κ2) is 4.49. The van der Waals surface area contributed by atoms with E-state index in [1.165, 1.54) is 16.7 Å². The van der Waals surface area contributed by atoms with Gasteiger partial charge in [0.1, 0.15) is 5.75 Å². The van der Waals surface area contributed by atoms with E-state index in [1.54, 1.807) is 6.07 Å². The first-order valence-corrected chi connectivity index (χ1v) is 6.29. The first kappa shape index (κ1) is 12.7. The van der Waals surface area contributed by atoms with Gasteiger partial charge in [-0.05, 0) is 36.6 Å². The van der Waals surface area contributed by atoms with Gasteiger partial charge in [-0.2, -0.15) is 0 Å². The van der Waals surface area contributed by atoms with Crippen LogP contribution in [0.5, 0.6) is 5.75 Å². The first-order valence-electron chi connectivity index (χ1n) is 6.29. The van der Waals surface area contributed by atoms with E-state index in [1.807, 2.05) is 13.0 Å². The van der Waals surface area contributed by atoms with Crippen LogP contribution in [-0.4, -0.2) is 5.11 Å². The van der Waals surface area contributed by atoms with Crippen LogP contribution in [0.15, 0.2) is 42.5 Å². The zero-order valence-corrected chi connectivity index (χ0v) is 11.5. The van der Waals surface area contributed by atoms with Gasteiger partial charge in [0.05, 0.1) is 0 Å². The normalized spacial score (nSPS) is 11.6. The van der Waals surface area contributed by atoms with E-state index in [9.17, 15) is 5.11 Å². The first-order chi connectivity index (χ1) is 8.43. The van der Waals surface area contributed by atoms with Crippen LogP contribution in [-0.2, 0) is 5.41 Å². The maximum atomic E-state index is 9.85. The smallest absolute Gasteiger partial charge is 0.118 e. The van der Waals surface area contributed by atoms with Crippen LogP contribution in [0.1, 0.15) is 36.1 Å². The fourth-order valence-electron chi connectivity index (χ4n) is 2.43. The van der Waals surface area contributed by atoms with Gasteiger partial charge in [0.15, 0.2) is 0 Å². The molecule has 2 aromatic rings. The lowest BCUT2D eigenvalue weighted by Crippen LogP contribution is -2.20. The van der Waals surface area contributed by atoms with Gasteiger partial charge >= 0.3 is 0 Å². The minimum Gasteiger partial charge on any atom is -0.508 e. The third-order valence-corrected chi connectivity index (χ3v) is 3.75. The summed E-state index contributed by atoms with van der Waals surface area (Å²) in [5.74, 6) is 0.368. The number of phenolic OH excluding ortho intramolecular Hbond substituents is 1. The lowest BCUT2D eigenvalue weighted by molar-refractivity contribution is 0.467. The minimum absolute atomic E-state index is 0.101. The molecule has 18 heavy (non-hydrogen) atoms. The molecule has 0 spiro atoms. The van der Waals surface area contributed by atoms with Gasteiger partial charge < -0.3 is 5.11 Å². The second-order valence-corrected chi connectivity index (χ2v) is 5.44. The van der Waals surface area contributed by atoms with Gasteiger partial charge in [-0.3, -0.25) is 0 Å². The zero-order valence-electron chi connectivity index (χ0n) is 11.5. The summed E-state index contributed by atoms with van der Waals surface area (Å²) >= 11 is 0. The summed E-state index contributed by atoms with van der Waals surface area (Å²) in [6.45, 7) is 8.45. The standard InChI is InChI=1S/C17H20O/c1-12-8-10-14(11-9-12)17(3,4)15-6-5-7-16(18)13(15)2/h5-11,18H,1-4H3. The Labute approximate surface area is 109 Å². The average molecular weight is 240 g/mol. The van der Waals surface area contributed by atoms with Crippen molar-refractivity contribution >= 4 is 0 Å². The Morgan fingerprint density at radius 3 is 2.11 bits per heavy atom. The molecule has 0 atom stereocenters. The fraction of sp³-hybridized carbons (Fsp3) is 0.294. The Morgan fingerprint density at radius 2 is 1.50 bits per heavy atom. The van der Waals surface area contributed by atoms with Gasteiger partial charge in [0.25, 0.3) is 0 Å². The van der Waals surface area contributed by atoms with Crippen molar-refractivity contribution in [2.75, 3.05) is 0 Å².